The van der Waals surface area contributed by atoms with E-state index >= 15 is 0 Å². The molecule has 1 aromatic rings. The molecule has 0 radical (unpaired) electrons. The summed E-state index contributed by atoms with van der Waals surface area (Å²) in [7, 11) is 1.82. The lowest BCUT2D eigenvalue weighted by molar-refractivity contribution is 0.481. The topological polar surface area (TPSA) is 49.3 Å². The summed E-state index contributed by atoms with van der Waals surface area (Å²) in [6.45, 7) is 3.84. The maximum absolute atomic E-state index is 4.26. The fraction of sp³-hybridized carbons (Fsp3) is 0.733. The molecule has 1 heterocycles. The number of nitrogens with one attached hydrogen (secondary N) is 2. The first kappa shape index (κ1) is 15.3. The van der Waals surface area contributed by atoms with Gasteiger partial charge < -0.3 is 10.6 Å². The second kappa shape index (κ2) is 8.25. The second-order valence-electron chi connectivity index (χ2n) is 5.49. The molecule has 4 nitrogen and oxygen atoms in total. The van der Waals surface area contributed by atoms with Crippen molar-refractivity contribution in [2.45, 2.75) is 52.0 Å². The van der Waals surface area contributed by atoms with Gasteiger partial charge in [-0.3, -0.25) is 4.99 Å². The van der Waals surface area contributed by atoms with E-state index in [1.54, 1.807) is 11.3 Å². The van der Waals surface area contributed by atoms with E-state index in [2.05, 4.69) is 20.6 Å². The Kier molecular flexibility index (Phi) is 6.30. The molecule has 0 bridgehead atoms. The predicted molar refractivity (Wildman–Crippen MR) is 86.2 cm³/mol. The van der Waals surface area contributed by atoms with Gasteiger partial charge in [0.05, 0.1) is 11.6 Å². The Morgan fingerprint density at radius 2 is 2.20 bits per heavy atom. The average Bonchev–Trinajstić information content (AvgIpc) is 3.09. The first-order valence-corrected chi connectivity index (χ1v) is 8.45. The fourth-order valence-corrected chi connectivity index (χ4v) is 3.51. The minimum atomic E-state index is 0.799. The largest absolute Gasteiger partial charge is 0.356 e. The molecule has 0 aliphatic heterocycles. The van der Waals surface area contributed by atoms with Crippen LogP contribution in [-0.2, 0) is 6.54 Å². The highest BCUT2D eigenvalue weighted by Gasteiger charge is 2.13. The van der Waals surface area contributed by atoms with Crippen molar-refractivity contribution in [1.82, 2.24) is 15.6 Å². The Balaban J connectivity index is 1.59. The molecule has 0 atom stereocenters. The standard InChI is InChI=1S/C15H26N4S/c1-12-18-10-14(20-12)11-19-15(16-2)17-9-5-8-13-6-3-4-7-13/h10,13H,3-9,11H2,1-2H3,(H2,16,17,19). The monoisotopic (exact) mass is 294 g/mol. The average molecular weight is 294 g/mol. The quantitative estimate of drug-likeness (QED) is 0.481. The molecule has 0 amide bonds. The summed E-state index contributed by atoms with van der Waals surface area (Å²) < 4.78 is 0. The van der Waals surface area contributed by atoms with Gasteiger partial charge in [0.1, 0.15) is 0 Å². The van der Waals surface area contributed by atoms with Crippen LogP contribution in [0.4, 0.5) is 0 Å². The lowest BCUT2D eigenvalue weighted by Crippen LogP contribution is -2.37. The summed E-state index contributed by atoms with van der Waals surface area (Å²) in [4.78, 5) is 9.76. The van der Waals surface area contributed by atoms with Gasteiger partial charge >= 0.3 is 0 Å². The third-order valence-corrected chi connectivity index (χ3v) is 4.79. The molecule has 112 valence electrons. The van der Waals surface area contributed by atoms with Gasteiger partial charge in [0, 0.05) is 24.7 Å². The number of thiazole rings is 1. The van der Waals surface area contributed by atoms with Crippen LogP contribution in [0.15, 0.2) is 11.2 Å². The van der Waals surface area contributed by atoms with Gasteiger partial charge in [0.25, 0.3) is 0 Å². The normalized spacial score (nSPS) is 16.6. The third-order valence-electron chi connectivity index (χ3n) is 3.88. The van der Waals surface area contributed by atoms with Gasteiger partial charge in [0.2, 0.25) is 0 Å². The number of rotatable bonds is 6. The van der Waals surface area contributed by atoms with Crippen LogP contribution in [0.2, 0.25) is 0 Å². The van der Waals surface area contributed by atoms with Gasteiger partial charge in [-0.2, -0.15) is 0 Å². The van der Waals surface area contributed by atoms with E-state index in [-0.39, 0.29) is 0 Å². The molecule has 2 N–H and O–H groups in total. The number of guanidine groups is 1. The molecule has 20 heavy (non-hydrogen) atoms. The van der Waals surface area contributed by atoms with Gasteiger partial charge in [0.15, 0.2) is 5.96 Å². The second-order valence-corrected chi connectivity index (χ2v) is 6.81. The van der Waals surface area contributed by atoms with E-state index in [0.29, 0.717) is 0 Å². The van der Waals surface area contributed by atoms with Crippen molar-refractivity contribution < 1.29 is 0 Å². The lowest BCUT2D eigenvalue weighted by Gasteiger charge is -2.12. The van der Waals surface area contributed by atoms with Crippen molar-refractivity contribution in [2.24, 2.45) is 10.9 Å². The van der Waals surface area contributed by atoms with Crippen LogP contribution in [0.3, 0.4) is 0 Å². The third kappa shape index (κ3) is 5.12. The molecule has 0 unspecified atom stereocenters. The van der Waals surface area contributed by atoms with Crippen LogP contribution in [0.1, 0.15) is 48.4 Å². The summed E-state index contributed by atoms with van der Waals surface area (Å²) in [5, 5.41) is 7.84. The Morgan fingerprint density at radius 3 is 2.85 bits per heavy atom. The minimum Gasteiger partial charge on any atom is -0.356 e. The van der Waals surface area contributed by atoms with Crippen molar-refractivity contribution in [3.63, 3.8) is 0 Å². The molecule has 1 fully saturated rings. The summed E-state index contributed by atoms with van der Waals surface area (Å²) >= 11 is 1.73. The first-order valence-electron chi connectivity index (χ1n) is 7.63. The number of aromatic nitrogens is 1. The van der Waals surface area contributed by atoms with Crippen molar-refractivity contribution in [1.29, 1.82) is 0 Å². The number of aliphatic imine (C=N–C) groups is 1. The van der Waals surface area contributed by atoms with Crippen molar-refractivity contribution in [3.05, 3.63) is 16.1 Å². The molecule has 0 saturated heterocycles. The zero-order valence-electron chi connectivity index (χ0n) is 12.6. The van der Waals surface area contributed by atoms with Crippen molar-refractivity contribution >= 4 is 17.3 Å². The molecule has 1 saturated carbocycles. The van der Waals surface area contributed by atoms with Crippen LogP contribution in [0.5, 0.6) is 0 Å². The van der Waals surface area contributed by atoms with Crippen LogP contribution >= 0.6 is 11.3 Å². The molecular weight excluding hydrogens is 268 g/mol. The number of hydrogen-bond donors (Lipinski definition) is 2. The Bertz CT molecular complexity index is 421. The van der Waals surface area contributed by atoms with Crippen LogP contribution < -0.4 is 10.6 Å². The van der Waals surface area contributed by atoms with Gasteiger partial charge in [-0.05, 0) is 25.7 Å². The van der Waals surface area contributed by atoms with Gasteiger partial charge in [-0.1, -0.05) is 25.7 Å². The molecule has 1 aliphatic carbocycles. The maximum Gasteiger partial charge on any atom is 0.191 e. The molecule has 1 aliphatic rings. The number of aryl methyl sites for hydroxylation is 1. The first-order chi connectivity index (χ1) is 9.78. The highest BCUT2D eigenvalue weighted by atomic mass is 32.1. The maximum atomic E-state index is 4.26. The molecule has 0 spiro atoms. The summed E-state index contributed by atoms with van der Waals surface area (Å²) in [6.07, 6.45) is 10.3. The Labute approximate surface area is 126 Å². The molecule has 5 heteroatoms. The highest BCUT2D eigenvalue weighted by molar-refractivity contribution is 7.11. The fourth-order valence-electron chi connectivity index (χ4n) is 2.78. The molecular formula is C15H26N4S. The predicted octanol–water partition coefficient (Wildman–Crippen LogP) is 3.09. The van der Waals surface area contributed by atoms with Crippen LogP contribution in [0.25, 0.3) is 0 Å². The van der Waals surface area contributed by atoms with E-state index in [1.165, 1.54) is 43.4 Å². The van der Waals surface area contributed by atoms with E-state index in [9.17, 15) is 0 Å². The molecule has 2 rings (SSSR count). The van der Waals surface area contributed by atoms with Crippen LogP contribution in [0, 0.1) is 12.8 Å². The van der Waals surface area contributed by atoms with E-state index in [0.717, 1.165) is 30.0 Å². The zero-order chi connectivity index (χ0) is 14.2. The van der Waals surface area contributed by atoms with E-state index in [4.69, 9.17) is 0 Å². The van der Waals surface area contributed by atoms with Crippen LogP contribution in [-0.4, -0.2) is 24.5 Å². The smallest absolute Gasteiger partial charge is 0.191 e. The summed E-state index contributed by atoms with van der Waals surface area (Å²) in [5.41, 5.74) is 0. The zero-order valence-corrected chi connectivity index (χ0v) is 13.4. The van der Waals surface area contributed by atoms with Gasteiger partial charge in [-0.25, -0.2) is 4.98 Å². The van der Waals surface area contributed by atoms with E-state index < -0.39 is 0 Å². The van der Waals surface area contributed by atoms with E-state index in [1.807, 2.05) is 20.2 Å². The summed E-state index contributed by atoms with van der Waals surface area (Å²) in [6, 6.07) is 0. The number of hydrogen-bond acceptors (Lipinski definition) is 3. The Hall–Kier alpha value is -1.10. The van der Waals surface area contributed by atoms with Crippen molar-refractivity contribution in [3.8, 4) is 0 Å². The summed E-state index contributed by atoms with van der Waals surface area (Å²) in [5.74, 6) is 1.87. The van der Waals surface area contributed by atoms with Gasteiger partial charge in [-0.15, -0.1) is 11.3 Å². The van der Waals surface area contributed by atoms with Crippen molar-refractivity contribution in [2.75, 3.05) is 13.6 Å². The number of nitrogens with zero attached hydrogens (tertiary/aromatic N) is 2. The molecule has 0 aromatic carbocycles. The highest BCUT2D eigenvalue weighted by Crippen LogP contribution is 2.28. The lowest BCUT2D eigenvalue weighted by atomic mass is 10.0. The Morgan fingerprint density at radius 1 is 1.40 bits per heavy atom. The SMILES string of the molecule is CN=C(NCCCC1CCCC1)NCc1cnc(C)s1. The molecule has 1 aromatic heterocycles. The minimum absolute atomic E-state index is 0.799.